The van der Waals surface area contributed by atoms with Crippen LogP contribution in [-0.2, 0) is 16.1 Å². The largest absolute Gasteiger partial charge is 0.482 e. The minimum atomic E-state index is -0.202. The lowest BCUT2D eigenvalue weighted by Gasteiger charge is -2.14. The summed E-state index contributed by atoms with van der Waals surface area (Å²) in [5, 5.41) is 6.49. The quantitative estimate of drug-likeness (QED) is 0.732. The Balaban J connectivity index is 2.46. The zero-order chi connectivity index (χ0) is 15.7. The standard InChI is InChI=1S/C15H23ClN2O3/c1-4-17-8-12-5-6-14(13(16)7-12)21-10-15(19)18-11(2)9-20-3/h5-7,11,17H,4,8-10H2,1-3H3,(H,18,19). The van der Waals surface area contributed by atoms with Crippen LogP contribution in [0, 0.1) is 0 Å². The predicted molar refractivity (Wildman–Crippen MR) is 83.8 cm³/mol. The number of rotatable bonds is 9. The third kappa shape index (κ3) is 6.80. The first-order valence-electron chi connectivity index (χ1n) is 6.97. The number of methoxy groups -OCH3 is 1. The molecule has 1 aromatic rings. The van der Waals surface area contributed by atoms with Gasteiger partial charge in [-0.1, -0.05) is 24.6 Å². The number of ether oxygens (including phenoxy) is 2. The van der Waals surface area contributed by atoms with Crippen molar-refractivity contribution in [3.63, 3.8) is 0 Å². The summed E-state index contributed by atoms with van der Waals surface area (Å²) in [7, 11) is 1.59. The Hall–Kier alpha value is -1.30. The Morgan fingerprint density at radius 2 is 2.19 bits per heavy atom. The van der Waals surface area contributed by atoms with E-state index in [0.29, 0.717) is 17.4 Å². The first-order valence-corrected chi connectivity index (χ1v) is 7.34. The molecule has 1 amide bonds. The summed E-state index contributed by atoms with van der Waals surface area (Å²) in [6.45, 7) is 5.96. The normalized spacial score (nSPS) is 12.0. The van der Waals surface area contributed by atoms with Gasteiger partial charge in [0.15, 0.2) is 6.61 Å². The molecule has 0 aliphatic carbocycles. The van der Waals surface area contributed by atoms with E-state index in [2.05, 4.69) is 10.6 Å². The van der Waals surface area contributed by atoms with Crippen LogP contribution >= 0.6 is 11.6 Å². The van der Waals surface area contributed by atoms with Gasteiger partial charge in [-0.05, 0) is 31.2 Å². The highest BCUT2D eigenvalue weighted by molar-refractivity contribution is 6.32. The molecule has 118 valence electrons. The minimum absolute atomic E-state index is 0.0518. The van der Waals surface area contributed by atoms with E-state index in [4.69, 9.17) is 21.1 Å². The summed E-state index contributed by atoms with van der Waals surface area (Å²) in [5.41, 5.74) is 1.08. The van der Waals surface area contributed by atoms with Gasteiger partial charge < -0.3 is 20.1 Å². The highest BCUT2D eigenvalue weighted by atomic mass is 35.5. The van der Waals surface area contributed by atoms with E-state index in [-0.39, 0.29) is 18.6 Å². The molecule has 0 aromatic heterocycles. The molecule has 0 saturated heterocycles. The molecule has 5 nitrogen and oxygen atoms in total. The Morgan fingerprint density at radius 3 is 2.81 bits per heavy atom. The van der Waals surface area contributed by atoms with E-state index in [9.17, 15) is 4.79 Å². The van der Waals surface area contributed by atoms with Crippen molar-refractivity contribution in [3.05, 3.63) is 28.8 Å². The lowest BCUT2D eigenvalue weighted by molar-refractivity contribution is -0.124. The lowest BCUT2D eigenvalue weighted by Crippen LogP contribution is -2.38. The summed E-state index contributed by atoms with van der Waals surface area (Å²) < 4.78 is 10.4. The minimum Gasteiger partial charge on any atom is -0.482 e. The van der Waals surface area contributed by atoms with E-state index in [1.54, 1.807) is 13.2 Å². The van der Waals surface area contributed by atoms with Crippen LogP contribution in [0.15, 0.2) is 18.2 Å². The molecule has 0 heterocycles. The second kappa shape index (κ2) is 9.60. The van der Waals surface area contributed by atoms with Crippen molar-refractivity contribution in [3.8, 4) is 5.75 Å². The van der Waals surface area contributed by atoms with Crippen molar-refractivity contribution >= 4 is 17.5 Å². The SMILES string of the molecule is CCNCc1ccc(OCC(=O)NC(C)COC)c(Cl)c1. The number of nitrogens with one attached hydrogen (secondary N) is 2. The molecule has 0 fully saturated rings. The zero-order valence-corrected chi connectivity index (χ0v) is 13.5. The second-order valence-corrected chi connectivity index (χ2v) is 5.16. The first kappa shape index (κ1) is 17.8. The molecular formula is C15H23ClN2O3. The first-order chi connectivity index (χ1) is 10.1. The number of hydrogen-bond donors (Lipinski definition) is 2. The van der Waals surface area contributed by atoms with Crippen LogP contribution in [0.25, 0.3) is 0 Å². The molecule has 1 atom stereocenters. The summed E-state index contributed by atoms with van der Waals surface area (Å²) >= 11 is 6.14. The molecule has 0 aliphatic rings. The van der Waals surface area contributed by atoms with E-state index in [0.717, 1.165) is 18.7 Å². The molecule has 0 spiro atoms. The number of amides is 1. The summed E-state index contributed by atoms with van der Waals surface area (Å²) in [6.07, 6.45) is 0. The third-order valence-corrected chi connectivity index (χ3v) is 3.05. The lowest BCUT2D eigenvalue weighted by atomic mass is 10.2. The molecule has 0 saturated carbocycles. The highest BCUT2D eigenvalue weighted by Gasteiger charge is 2.09. The molecule has 0 bridgehead atoms. The second-order valence-electron chi connectivity index (χ2n) is 4.76. The predicted octanol–water partition coefficient (Wildman–Crippen LogP) is 1.98. The third-order valence-electron chi connectivity index (χ3n) is 2.76. The van der Waals surface area contributed by atoms with Crippen molar-refractivity contribution in [1.82, 2.24) is 10.6 Å². The fourth-order valence-electron chi connectivity index (χ4n) is 1.79. The van der Waals surface area contributed by atoms with Crippen LogP contribution in [0.3, 0.4) is 0 Å². The molecule has 0 aliphatic heterocycles. The number of carbonyl (C=O) groups excluding carboxylic acids is 1. The van der Waals surface area contributed by atoms with E-state index < -0.39 is 0 Å². The van der Waals surface area contributed by atoms with Gasteiger partial charge in [0.25, 0.3) is 5.91 Å². The van der Waals surface area contributed by atoms with Gasteiger partial charge in [0.1, 0.15) is 5.75 Å². The monoisotopic (exact) mass is 314 g/mol. The van der Waals surface area contributed by atoms with Gasteiger partial charge in [0, 0.05) is 19.7 Å². The van der Waals surface area contributed by atoms with Gasteiger partial charge in [0.2, 0.25) is 0 Å². The van der Waals surface area contributed by atoms with Gasteiger partial charge in [-0.25, -0.2) is 0 Å². The maximum Gasteiger partial charge on any atom is 0.258 e. The number of hydrogen-bond acceptors (Lipinski definition) is 4. The van der Waals surface area contributed by atoms with Crippen molar-refractivity contribution in [2.45, 2.75) is 26.4 Å². The molecular weight excluding hydrogens is 292 g/mol. The van der Waals surface area contributed by atoms with Gasteiger partial charge in [-0.2, -0.15) is 0 Å². The van der Waals surface area contributed by atoms with E-state index in [1.165, 1.54) is 0 Å². The van der Waals surface area contributed by atoms with E-state index in [1.807, 2.05) is 26.0 Å². The summed E-state index contributed by atoms with van der Waals surface area (Å²) in [5.74, 6) is 0.304. The molecule has 21 heavy (non-hydrogen) atoms. The summed E-state index contributed by atoms with van der Waals surface area (Å²) in [6, 6.07) is 5.49. The summed E-state index contributed by atoms with van der Waals surface area (Å²) in [4.78, 5) is 11.7. The highest BCUT2D eigenvalue weighted by Crippen LogP contribution is 2.25. The smallest absolute Gasteiger partial charge is 0.258 e. The van der Waals surface area contributed by atoms with Crippen LogP contribution in [0.4, 0.5) is 0 Å². The van der Waals surface area contributed by atoms with Gasteiger partial charge >= 0.3 is 0 Å². The molecule has 1 rings (SSSR count). The van der Waals surface area contributed by atoms with Gasteiger partial charge in [-0.3, -0.25) is 4.79 Å². The molecule has 0 radical (unpaired) electrons. The van der Waals surface area contributed by atoms with Crippen molar-refractivity contribution in [1.29, 1.82) is 0 Å². The van der Waals surface area contributed by atoms with Crippen LogP contribution < -0.4 is 15.4 Å². The van der Waals surface area contributed by atoms with Crippen molar-refractivity contribution in [2.75, 3.05) is 26.9 Å². The average molecular weight is 315 g/mol. The number of carbonyl (C=O) groups is 1. The zero-order valence-electron chi connectivity index (χ0n) is 12.7. The maximum atomic E-state index is 11.7. The van der Waals surface area contributed by atoms with Gasteiger partial charge in [0.05, 0.1) is 11.6 Å². The molecule has 1 aromatic carbocycles. The fourth-order valence-corrected chi connectivity index (χ4v) is 2.05. The fraction of sp³-hybridized carbons (Fsp3) is 0.533. The van der Waals surface area contributed by atoms with Crippen LogP contribution in [0.2, 0.25) is 5.02 Å². The maximum absolute atomic E-state index is 11.7. The topological polar surface area (TPSA) is 59.6 Å². The van der Waals surface area contributed by atoms with Crippen molar-refractivity contribution < 1.29 is 14.3 Å². The average Bonchev–Trinajstić information content (AvgIpc) is 2.44. The van der Waals surface area contributed by atoms with Crippen molar-refractivity contribution in [2.24, 2.45) is 0 Å². The van der Waals surface area contributed by atoms with Crippen LogP contribution in [0.1, 0.15) is 19.4 Å². The Kier molecular flexibility index (Phi) is 8.12. The van der Waals surface area contributed by atoms with Crippen LogP contribution in [-0.4, -0.2) is 38.8 Å². The Morgan fingerprint density at radius 1 is 1.43 bits per heavy atom. The Labute approximate surface area is 131 Å². The van der Waals surface area contributed by atoms with Gasteiger partial charge in [-0.15, -0.1) is 0 Å². The molecule has 6 heteroatoms. The molecule has 1 unspecified atom stereocenters. The number of benzene rings is 1. The number of halogens is 1. The van der Waals surface area contributed by atoms with E-state index >= 15 is 0 Å². The molecule has 2 N–H and O–H groups in total. The van der Waals surface area contributed by atoms with Crippen LogP contribution in [0.5, 0.6) is 5.75 Å². The Bertz CT molecular complexity index is 455.